The predicted molar refractivity (Wildman–Crippen MR) is 125 cm³/mol. The van der Waals surface area contributed by atoms with Crippen LogP contribution in [-0.4, -0.2) is 78.7 Å². The number of rotatable bonds is 14. The number of nitriles is 1. The molecule has 0 aliphatic heterocycles. The van der Waals surface area contributed by atoms with Gasteiger partial charge in [0.1, 0.15) is 0 Å². The quantitative estimate of drug-likeness (QED) is 0.160. The van der Waals surface area contributed by atoms with Crippen molar-refractivity contribution < 1.29 is 38.1 Å². The molecule has 1 aromatic heterocycles. The van der Waals surface area contributed by atoms with Gasteiger partial charge < -0.3 is 0 Å². The van der Waals surface area contributed by atoms with Crippen molar-refractivity contribution in [1.82, 2.24) is 21.1 Å². The molecule has 2 unspecified atom stereocenters. The number of ether oxygens (including phenoxy) is 3. The summed E-state index contributed by atoms with van der Waals surface area (Å²) < 4.78 is 25.0. The Kier molecular flexibility index (Phi) is 12.0. The molecule has 0 saturated heterocycles. The summed E-state index contributed by atoms with van der Waals surface area (Å²) in [6, 6.07) is 0.805. The van der Waals surface area contributed by atoms with Crippen molar-refractivity contribution in [3.63, 3.8) is 0 Å². The van der Waals surface area contributed by atoms with E-state index in [1.807, 2.05) is 0 Å². The number of nitrogens with one attached hydrogen (secondary N) is 3. The van der Waals surface area contributed by atoms with Crippen LogP contribution in [0.15, 0.2) is 16.9 Å². The average Bonchev–Trinajstić information content (AvgIpc) is 3.29. The molecule has 0 spiro atoms. The van der Waals surface area contributed by atoms with Crippen molar-refractivity contribution in [2.45, 2.75) is 70.8 Å². The number of aliphatic hydroxyl groups is 1. The van der Waals surface area contributed by atoms with Crippen LogP contribution in [0, 0.1) is 11.5 Å². The first kappa shape index (κ1) is 29.7. The molecule has 0 aliphatic carbocycles. The number of aliphatic hydroxyl groups excluding tert-OH is 1. The van der Waals surface area contributed by atoms with E-state index in [4.69, 9.17) is 19.5 Å². The zero-order valence-corrected chi connectivity index (χ0v) is 20.9. The summed E-state index contributed by atoms with van der Waals surface area (Å²) in [4.78, 5) is 24.6. The van der Waals surface area contributed by atoms with Gasteiger partial charge in [0, 0.05) is 0 Å². The first-order chi connectivity index (χ1) is 16.4. The number of nitrogens with zero attached hydrogens (tertiary/aromatic N) is 2. The van der Waals surface area contributed by atoms with Crippen LogP contribution < -0.4 is 20.7 Å². The van der Waals surface area contributed by atoms with Crippen LogP contribution in [-0.2, 0) is 18.9 Å². The summed E-state index contributed by atoms with van der Waals surface area (Å²) >= 11 is 0. The van der Waals surface area contributed by atoms with Crippen LogP contribution >= 0.6 is 0 Å². The van der Waals surface area contributed by atoms with E-state index in [1.54, 1.807) is 34.6 Å². The number of aromatic nitrogens is 1. The van der Waals surface area contributed by atoms with E-state index in [2.05, 4.69) is 30.3 Å². The molecular formula is C21H34BN5O8. The second kappa shape index (κ2) is 14.2. The molecular weight excluding hydrogens is 461 g/mol. The van der Waals surface area contributed by atoms with Gasteiger partial charge in [0.05, 0.1) is 0 Å². The van der Waals surface area contributed by atoms with Crippen LogP contribution in [0.5, 0.6) is 5.88 Å². The van der Waals surface area contributed by atoms with Crippen molar-refractivity contribution in [2.75, 3.05) is 20.3 Å². The van der Waals surface area contributed by atoms with Crippen molar-refractivity contribution >= 4 is 24.8 Å². The molecule has 1 aromatic rings. The Bertz CT molecular complexity index is 864. The SMILES string of the molecule is COC(C)(C)C(=O)NC(CCCNC(=BOC#N)NC(=O)OC(C)(C)C)C(O)COc1ccon1. The van der Waals surface area contributed by atoms with Gasteiger partial charge in [-0.15, -0.1) is 0 Å². The fraction of sp³-hybridized carbons (Fsp3) is 0.667. The Hall–Kier alpha value is -3.31. The predicted octanol–water partition coefficient (Wildman–Crippen LogP) is 0.423. The van der Waals surface area contributed by atoms with E-state index in [0.29, 0.717) is 19.4 Å². The molecule has 2 amide bonds. The van der Waals surface area contributed by atoms with Gasteiger partial charge in [-0.2, -0.15) is 0 Å². The molecule has 4 N–H and O–H groups in total. The summed E-state index contributed by atoms with van der Waals surface area (Å²) in [5.41, 5.74) is -1.71. The molecule has 0 aliphatic rings. The van der Waals surface area contributed by atoms with Crippen LogP contribution in [0.2, 0.25) is 0 Å². The van der Waals surface area contributed by atoms with Gasteiger partial charge in [-0.3, -0.25) is 0 Å². The Balaban J connectivity index is 2.72. The zero-order valence-electron chi connectivity index (χ0n) is 20.9. The summed E-state index contributed by atoms with van der Waals surface area (Å²) in [5, 5.41) is 31.1. The van der Waals surface area contributed by atoms with E-state index in [1.165, 1.54) is 25.7 Å². The molecule has 35 heavy (non-hydrogen) atoms. The van der Waals surface area contributed by atoms with E-state index in [9.17, 15) is 14.7 Å². The zero-order chi connectivity index (χ0) is 26.5. The maximum absolute atomic E-state index is 12.6. The number of hydrogen-bond acceptors (Lipinski definition) is 11. The minimum absolute atomic E-state index is 0.108. The van der Waals surface area contributed by atoms with Crippen LogP contribution in [0.3, 0.4) is 0 Å². The molecule has 0 saturated carbocycles. The van der Waals surface area contributed by atoms with Crippen LogP contribution in [0.25, 0.3) is 0 Å². The van der Waals surface area contributed by atoms with Crippen molar-refractivity contribution in [2.24, 2.45) is 0 Å². The average molecular weight is 495 g/mol. The van der Waals surface area contributed by atoms with E-state index in [-0.39, 0.29) is 18.2 Å². The second-order valence-electron chi connectivity index (χ2n) is 8.95. The van der Waals surface area contributed by atoms with Gasteiger partial charge >= 0.3 is 205 Å². The number of carbonyl (C=O) groups excluding carboxylic acids is 2. The molecule has 2 atom stereocenters. The molecule has 13 nitrogen and oxygen atoms in total. The van der Waals surface area contributed by atoms with Gasteiger partial charge in [-0.05, 0) is 0 Å². The van der Waals surface area contributed by atoms with Gasteiger partial charge in [0.2, 0.25) is 0 Å². The molecule has 0 radical (unpaired) electrons. The van der Waals surface area contributed by atoms with E-state index < -0.39 is 35.3 Å². The van der Waals surface area contributed by atoms with E-state index >= 15 is 0 Å². The normalized spacial score (nSPS) is 13.5. The maximum atomic E-state index is 12.6. The van der Waals surface area contributed by atoms with Gasteiger partial charge in [0.15, 0.2) is 0 Å². The Morgan fingerprint density at radius 1 is 1.31 bits per heavy atom. The Morgan fingerprint density at radius 2 is 2.03 bits per heavy atom. The minimum atomic E-state index is -1.11. The van der Waals surface area contributed by atoms with Crippen molar-refractivity contribution in [3.8, 4) is 12.1 Å². The topological polar surface area (TPSA) is 177 Å². The number of amides is 2. The third kappa shape index (κ3) is 12.1. The standard InChI is InChI=1S/C21H34BN5O8/c1-20(2,3)35-19(30)26-18(22-33-13-23)24-10-7-8-14(25-17(29)21(4,5)31-6)15(28)12-32-16-9-11-34-27-16/h9,11,14-15,24,28H,7-8,10,12H2,1-6H3,(H,25,29)(H,26,30). The second-order valence-corrected chi connectivity index (χ2v) is 8.95. The monoisotopic (exact) mass is 495 g/mol. The van der Waals surface area contributed by atoms with Gasteiger partial charge in [0.25, 0.3) is 0 Å². The number of alkyl carbamates (subject to hydrolysis) is 1. The summed E-state index contributed by atoms with van der Waals surface area (Å²) in [6.45, 7) is 8.51. The number of methoxy groups -OCH3 is 1. The molecule has 0 bridgehead atoms. The Morgan fingerprint density at radius 3 is 2.60 bits per heavy atom. The fourth-order valence-electron chi connectivity index (χ4n) is 2.52. The molecule has 14 heteroatoms. The third-order valence-corrected chi connectivity index (χ3v) is 4.53. The molecule has 1 rings (SSSR count). The third-order valence-electron chi connectivity index (χ3n) is 4.53. The van der Waals surface area contributed by atoms with Gasteiger partial charge in [-0.25, -0.2) is 0 Å². The summed E-state index contributed by atoms with van der Waals surface area (Å²) in [7, 11) is 2.45. The number of carbonyl (C=O) groups is 2. The number of hydrogen-bond donors (Lipinski definition) is 4. The van der Waals surface area contributed by atoms with Crippen LogP contribution in [0.4, 0.5) is 4.79 Å². The van der Waals surface area contributed by atoms with Crippen LogP contribution in [0.1, 0.15) is 47.5 Å². The fourth-order valence-corrected chi connectivity index (χ4v) is 2.52. The molecule has 0 aromatic carbocycles. The molecule has 0 fully saturated rings. The molecule has 194 valence electrons. The summed E-state index contributed by atoms with van der Waals surface area (Å²) in [6.07, 6.45) is 1.79. The van der Waals surface area contributed by atoms with Gasteiger partial charge in [-0.1, -0.05) is 0 Å². The van der Waals surface area contributed by atoms with E-state index in [0.717, 1.165) is 7.12 Å². The molecule has 1 heterocycles. The van der Waals surface area contributed by atoms with Crippen molar-refractivity contribution in [3.05, 3.63) is 12.3 Å². The first-order valence-corrected chi connectivity index (χ1v) is 10.9. The first-order valence-electron chi connectivity index (χ1n) is 10.9. The summed E-state index contributed by atoms with van der Waals surface area (Å²) in [5.74, 6) is -0.207. The van der Waals surface area contributed by atoms with Crippen molar-refractivity contribution in [1.29, 1.82) is 5.26 Å². The Labute approximate surface area is 205 Å².